The molecule has 10 heteroatoms. The van der Waals surface area contributed by atoms with Gasteiger partial charge in [0.15, 0.2) is 5.82 Å². The van der Waals surface area contributed by atoms with Gasteiger partial charge in [0.2, 0.25) is 0 Å². The van der Waals surface area contributed by atoms with Crippen molar-refractivity contribution < 1.29 is 9.18 Å². The van der Waals surface area contributed by atoms with E-state index in [9.17, 15) is 9.18 Å². The number of aryl methyl sites for hydroxylation is 2. The van der Waals surface area contributed by atoms with Gasteiger partial charge in [0.25, 0.3) is 5.91 Å². The minimum atomic E-state index is -1.64. The molecule has 0 radical (unpaired) electrons. The van der Waals surface area contributed by atoms with E-state index in [0.29, 0.717) is 28.7 Å². The number of hydrogen-bond acceptors (Lipinski definition) is 7. The standard InChI is InChI=1S/C25H27FN8O/c1-15-6-7-18(31-24(35)17-8-9-28-20(11-17)25(3,4)26)12-19(15)32-23-10-16(2)33-34(23)22-13-21(27-5)29-14-30-22/h6-14,32H,1-5H3,(H,31,35)(H,27,29,30). The van der Waals surface area contributed by atoms with Crippen LogP contribution in [-0.4, -0.2) is 37.7 Å². The van der Waals surface area contributed by atoms with Crippen molar-refractivity contribution in [1.82, 2.24) is 24.7 Å². The third-order valence-electron chi connectivity index (χ3n) is 5.35. The molecule has 0 fully saturated rings. The first-order valence-corrected chi connectivity index (χ1v) is 11.1. The summed E-state index contributed by atoms with van der Waals surface area (Å²) in [5.74, 6) is 1.63. The van der Waals surface area contributed by atoms with Crippen molar-refractivity contribution in [1.29, 1.82) is 0 Å². The quantitative estimate of drug-likeness (QED) is 0.349. The zero-order valence-corrected chi connectivity index (χ0v) is 20.2. The normalized spacial score (nSPS) is 11.3. The van der Waals surface area contributed by atoms with E-state index in [1.807, 2.05) is 38.1 Å². The second kappa shape index (κ2) is 9.49. The smallest absolute Gasteiger partial charge is 0.255 e. The zero-order valence-electron chi connectivity index (χ0n) is 20.2. The molecule has 3 heterocycles. The highest BCUT2D eigenvalue weighted by molar-refractivity contribution is 6.04. The van der Waals surface area contributed by atoms with Gasteiger partial charge in [-0.3, -0.25) is 9.78 Å². The summed E-state index contributed by atoms with van der Waals surface area (Å²) >= 11 is 0. The minimum Gasteiger partial charge on any atom is -0.373 e. The zero-order chi connectivity index (χ0) is 25.2. The Morgan fingerprint density at radius 3 is 2.57 bits per heavy atom. The molecule has 0 aliphatic carbocycles. The lowest BCUT2D eigenvalue weighted by molar-refractivity contribution is 0.102. The van der Waals surface area contributed by atoms with Crippen LogP contribution in [0.15, 0.2) is 55.0 Å². The van der Waals surface area contributed by atoms with Gasteiger partial charge < -0.3 is 16.0 Å². The predicted molar refractivity (Wildman–Crippen MR) is 134 cm³/mol. The van der Waals surface area contributed by atoms with Crippen LogP contribution < -0.4 is 16.0 Å². The maximum absolute atomic E-state index is 14.3. The van der Waals surface area contributed by atoms with Crippen molar-refractivity contribution in [3.63, 3.8) is 0 Å². The summed E-state index contributed by atoms with van der Waals surface area (Å²) in [5.41, 5.74) is 2.03. The van der Waals surface area contributed by atoms with Crippen LogP contribution in [0, 0.1) is 13.8 Å². The van der Waals surface area contributed by atoms with Gasteiger partial charge in [0.1, 0.15) is 23.6 Å². The molecule has 4 rings (SSSR count). The van der Waals surface area contributed by atoms with E-state index >= 15 is 0 Å². The van der Waals surface area contributed by atoms with Gasteiger partial charge in [0.05, 0.1) is 11.4 Å². The van der Waals surface area contributed by atoms with Gasteiger partial charge in [0, 0.05) is 42.3 Å². The first-order chi connectivity index (χ1) is 16.6. The highest BCUT2D eigenvalue weighted by Gasteiger charge is 2.22. The molecule has 0 aliphatic heterocycles. The maximum Gasteiger partial charge on any atom is 0.255 e. The molecule has 0 unspecified atom stereocenters. The van der Waals surface area contributed by atoms with E-state index in [1.165, 1.54) is 32.4 Å². The van der Waals surface area contributed by atoms with Gasteiger partial charge in [-0.25, -0.2) is 14.4 Å². The van der Waals surface area contributed by atoms with Crippen LogP contribution in [0.2, 0.25) is 0 Å². The summed E-state index contributed by atoms with van der Waals surface area (Å²) in [6, 6.07) is 12.3. The molecule has 35 heavy (non-hydrogen) atoms. The highest BCUT2D eigenvalue weighted by Crippen LogP contribution is 2.27. The SMILES string of the molecule is CNc1cc(-n2nc(C)cc2Nc2cc(NC(=O)c3ccnc(C(C)(C)F)c3)ccc2C)ncn1. The Hall–Kier alpha value is -4.34. The molecule has 3 N–H and O–H groups in total. The molecule has 180 valence electrons. The number of anilines is 4. The van der Waals surface area contributed by atoms with Crippen LogP contribution >= 0.6 is 0 Å². The van der Waals surface area contributed by atoms with E-state index in [4.69, 9.17) is 0 Å². The molecule has 0 bridgehead atoms. The second-order valence-corrected chi connectivity index (χ2v) is 8.61. The fourth-order valence-corrected chi connectivity index (χ4v) is 3.44. The van der Waals surface area contributed by atoms with E-state index in [2.05, 4.69) is 36.0 Å². The molecule has 9 nitrogen and oxygen atoms in total. The number of nitrogens with zero attached hydrogens (tertiary/aromatic N) is 5. The van der Waals surface area contributed by atoms with Crippen LogP contribution in [0.3, 0.4) is 0 Å². The molecular formula is C25H27FN8O. The monoisotopic (exact) mass is 474 g/mol. The second-order valence-electron chi connectivity index (χ2n) is 8.61. The third kappa shape index (κ3) is 5.43. The van der Waals surface area contributed by atoms with Crippen LogP contribution in [0.1, 0.15) is 41.2 Å². The Balaban J connectivity index is 1.59. The molecule has 0 aliphatic rings. The number of rotatable bonds is 7. The molecule has 4 aromatic rings. The number of carbonyl (C=O) groups is 1. The third-order valence-corrected chi connectivity index (χ3v) is 5.35. The maximum atomic E-state index is 14.3. The number of carbonyl (C=O) groups excluding carboxylic acids is 1. The van der Waals surface area contributed by atoms with Crippen LogP contribution in [0.25, 0.3) is 5.82 Å². The summed E-state index contributed by atoms with van der Waals surface area (Å²) in [4.78, 5) is 25.4. The number of amides is 1. The van der Waals surface area contributed by atoms with Gasteiger partial charge >= 0.3 is 0 Å². The number of alkyl halides is 1. The minimum absolute atomic E-state index is 0.200. The average Bonchev–Trinajstić information content (AvgIpc) is 3.20. The fraction of sp³-hybridized carbons (Fsp3) is 0.240. The van der Waals surface area contributed by atoms with Gasteiger partial charge in [-0.2, -0.15) is 9.78 Å². The number of hydrogen-bond donors (Lipinski definition) is 3. The van der Waals surface area contributed by atoms with Crippen molar-refractivity contribution in [3.8, 4) is 5.82 Å². The van der Waals surface area contributed by atoms with Crippen molar-refractivity contribution >= 4 is 28.9 Å². The number of benzene rings is 1. The Bertz CT molecular complexity index is 1380. The van der Waals surface area contributed by atoms with Crippen LogP contribution in [0.5, 0.6) is 0 Å². The van der Waals surface area contributed by atoms with Crippen molar-refractivity contribution in [2.45, 2.75) is 33.4 Å². The molecule has 1 aromatic carbocycles. The van der Waals surface area contributed by atoms with Crippen LogP contribution in [-0.2, 0) is 5.67 Å². The first kappa shape index (κ1) is 23.8. The van der Waals surface area contributed by atoms with E-state index in [-0.39, 0.29) is 11.6 Å². The van der Waals surface area contributed by atoms with Crippen molar-refractivity contribution in [2.24, 2.45) is 0 Å². The Morgan fingerprint density at radius 2 is 1.83 bits per heavy atom. The Morgan fingerprint density at radius 1 is 1.03 bits per heavy atom. The van der Waals surface area contributed by atoms with Gasteiger partial charge in [-0.1, -0.05) is 6.07 Å². The number of pyridine rings is 1. The fourth-order valence-electron chi connectivity index (χ4n) is 3.44. The number of aromatic nitrogens is 5. The molecule has 0 spiro atoms. The number of halogens is 1. The summed E-state index contributed by atoms with van der Waals surface area (Å²) in [6.45, 7) is 6.67. The lowest BCUT2D eigenvalue weighted by atomic mass is 10.0. The lowest BCUT2D eigenvalue weighted by Gasteiger charge is -2.15. The molecule has 3 aromatic heterocycles. The molecule has 0 atom stereocenters. The predicted octanol–water partition coefficient (Wildman–Crippen LogP) is 4.92. The molecule has 0 saturated heterocycles. The largest absolute Gasteiger partial charge is 0.373 e. The molecular weight excluding hydrogens is 447 g/mol. The Kier molecular flexibility index (Phi) is 6.46. The molecule has 0 saturated carbocycles. The van der Waals surface area contributed by atoms with Gasteiger partial charge in [-0.15, -0.1) is 0 Å². The molecule has 1 amide bonds. The van der Waals surface area contributed by atoms with E-state index < -0.39 is 5.67 Å². The summed E-state index contributed by atoms with van der Waals surface area (Å²) < 4.78 is 16.0. The lowest BCUT2D eigenvalue weighted by Crippen LogP contribution is -2.16. The van der Waals surface area contributed by atoms with Gasteiger partial charge in [-0.05, 0) is 57.5 Å². The first-order valence-electron chi connectivity index (χ1n) is 11.1. The van der Waals surface area contributed by atoms with Crippen molar-refractivity contribution in [2.75, 3.05) is 23.0 Å². The average molecular weight is 475 g/mol. The summed E-state index contributed by atoms with van der Waals surface area (Å²) in [5, 5.41) is 13.8. The number of nitrogens with one attached hydrogen (secondary N) is 3. The summed E-state index contributed by atoms with van der Waals surface area (Å²) in [6.07, 6.45) is 2.90. The summed E-state index contributed by atoms with van der Waals surface area (Å²) in [7, 11) is 1.79. The topological polar surface area (TPSA) is 110 Å². The van der Waals surface area contributed by atoms with E-state index in [0.717, 1.165) is 16.9 Å². The highest BCUT2D eigenvalue weighted by atomic mass is 19.1. The van der Waals surface area contributed by atoms with Crippen molar-refractivity contribution in [3.05, 3.63) is 77.5 Å². The Labute approximate surface area is 202 Å². The van der Waals surface area contributed by atoms with Crippen LogP contribution in [0.4, 0.5) is 27.4 Å². The van der Waals surface area contributed by atoms with E-state index in [1.54, 1.807) is 23.9 Å².